The molecule has 2 heterocycles. The summed E-state index contributed by atoms with van der Waals surface area (Å²) in [4.78, 5) is 2.46. The predicted octanol–water partition coefficient (Wildman–Crippen LogP) is 3.14. The Morgan fingerprint density at radius 2 is 2.29 bits per heavy atom. The van der Waals surface area contributed by atoms with Gasteiger partial charge in [-0.2, -0.15) is 4.37 Å². The van der Waals surface area contributed by atoms with Gasteiger partial charge in [0.1, 0.15) is 0 Å². The van der Waals surface area contributed by atoms with Gasteiger partial charge in [0.15, 0.2) is 0 Å². The van der Waals surface area contributed by atoms with E-state index in [2.05, 4.69) is 37.8 Å². The zero-order valence-corrected chi connectivity index (χ0v) is 10.6. The Labute approximate surface area is 99.1 Å². The van der Waals surface area contributed by atoms with Crippen LogP contribution in [0.3, 0.4) is 0 Å². The second kappa shape index (κ2) is 4.53. The second-order valence-corrected chi connectivity index (χ2v) is 5.56. The summed E-state index contributed by atoms with van der Waals surface area (Å²) >= 11 is 6.67. The van der Waals surface area contributed by atoms with Crippen molar-refractivity contribution in [2.75, 3.05) is 6.54 Å². The first-order valence-electron chi connectivity index (χ1n) is 4.19. The van der Waals surface area contributed by atoms with Crippen molar-refractivity contribution in [2.24, 2.45) is 5.73 Å². The number of hydrogen-bond donors (Lipinski definition) is 1. The van der Waals surface area contributed by atoms with Crippen LogP contribution in [0.15, 0.2) is 22.0 Å². The molecular weight excluding hydrogens is 280 g/mol. The molecule has 0 aliphatic heterocycles. The van der Waals surface area contributed by atoms with E-state index in [9.17, 15) is 0 Å². The summed E-state index contributed by atoms with van der Waals surface area (Å²) in [6.45, 7) is 0.690. The number of nitrogens with two attached hydrogens (primary N) is 1. The van der Waals surface area contributed by atoms with Gasteiger partial charge in [-0.3, -0.25) is 0 Å². The SMILES string of the molecule is NCCc1cc(-c2cc(Br)cs2)ns1. The molecule has 0 aliphatic rings. The highest BCUT2D eigenvalue weighted by molar-refractivity contribution is 9.10. The van der Waals surface area contributed by atoms with E-state index in [-0.39, 0.29) is 0 Å². The molecule has 0 saturated carbocycles. The molecule has 0 aliphatic carbocycles. The number of halogens is 1. The molecule has 2 aromatic rings. The van der Waals surface area contributed by atoms with Crippen LogP contribution in [0.5, 0.6) is 0 Å². The molecule has 2 rings (SSSR count). The molecule has 0 amide bonds. The van der Waals surface area contributed by atoms with Crippen molar-refractivity contribution in [3.8, 4) is 10.6 Å². The molecule has 14 heavy (non-hydrogen) atoms. The fourth-order valence-corrected chi connectivity index (χ4v) is 3.32. The predicted molar refractivity (Wildman–Crippen MR) is 65.9 cm³/mol. The van der Waals surface area contributed by atoms with Crippen molar-refractivity contribution in [3.63, 3.8) is 0 Å². The quantitative estimate of drug-likeness (QED) is 0.942. The molecule has 2 aromatic heterocycles. The lowest BCUT2D eigenvalue weighted by molar-refractivity contribution is 0.989. The summed E-state index contributed by atoms with van der Waals surface area (Å²) in [7, 11) is 0. The molecule has 0 spiro atoms. The Balaban J connectivity index is 2.24. The lowest BCUT2D eigenvalue weighted by Crippen LogP contribution is -2.00. The second-order valence-electron chi connectivity index (χ2n) is 2.85. The molecule has 0 saturated heterocycles. The van der Waals surface area contributed by atoms with Crippen LogP contribution in [-0.4, -0.2) is 10.9 Å². The zero-order chi connectivity index (χ0) is 9.97. The van der Waals surface area contributed by atoms with Gasteiger partial charge in [-0.05, 0) is 52.6 Å². The van der Waals surface area contributed by atoms with Crippen LogP contribution in [0.4, 0.5) is 0 Å². The van der Waals surface area contributed by atoms with Crippen molar-refractivity contribution >= 4 is 38.8 Å². The monoisotopic (exact) mass is 288 g/mol. The normalized spacial score (nSPS) is 10.7. The van der Waals surface area contributed by atoms with Gasteiger partial charge in [0.25, 0.3) is 0 Å². The average Bonchev–Trinajstić information content (AvgIpc) is 2.74. The average molecular weight is 289 g/mol. The molecule has 2 N–H and O–H groups in total. The third-order valence-electron chi connectivity index (χ3n) is 1.77. The van der Waals surface area contributed by atoms with Gasteiger partial charge in [0.05, 0.1) is 10.6 Å². The summed E-state index contributed by atoms with van der Waals surface area (Å²) < 4.78 is 5.51. The Hall–Kier alpha value is -0.230. The minimum absolute atomic E-state index is 0.690. The Morgan fingerprint density at radius 1 is 1.43 bits per heavy atom. The van der Waals surface area contributed by atoms with E-state index < -0.39 is 0 Å². The molecule has 2 nitrogen and oxygen atoms in total. The van der Waals surface area contributed by atoms with Gasteiger partial charge in [0, 0.05) is 14.7 Å². The molecule has 0 bridgehead atoms. The molecular formula is C9H9BrN2S2. The maximum Gasteiger partial charge on any atom is 0.0943 e. The maximum absolute atomic E-state index is 5.49. The van der Waals surface area contributed by atoms with Crippen molar-refractivity contribution in [2.45, 2.75) is 6.42 Å². The van der Waals surface area contributed by atoms with Crippen LogP contribution in [0.25, 0.3) is 10.6 Å². The van der Waals surface area contributed by atoms with Gasteiger partial charge in [-0.15, -0.1) is 11.3 Å². The topological polar surface area (TPSA) is 38.9 Å². The standard InChI is InChI=1S/C9H9BrN2S2/c10-6-3-9(13-5-6)8-4-7(1-2-11)14-12-8/h3-5H,1-2,11H2. The zero-order valence-electron chi connectivity index (χ0n) is 7.37. The van der Waals surface area contributed by atoms with E-state index >= 15 is 0 Å². The van der Waals surface area contributed by atoms with Crippen LogP contribution < -0.4 is 5.73 Å². The van der Waals surface area contributed by atoms with Crippen LogP contribution in [0.1, 0.15) is 4.88 Å². The van der Waals surface area contributed by atoms with E-state index in [1.165, 1.54) is 21.3 Å². The first-order chi connectivity index (χ1) is 6.79. The van der Waals surface area contributed by atoms with Gasteiger partial charge in [0.2, 0.25) is 0 Å². The molecule has 0 aromatic carbocycles. The summed E-state index contributed by atoms with van der Waals surface area (Å²) in [6, 6.07) is 4.21. The van der Waals surface area contributed by atoms with E-state index in [0.29, 0.717) is 6.54 Å². The number of nitrogens with zero attached hydrogens (tertiary/aromatic N) is 1. The summed E-state index contributed by atoms with van der Waals surface area (Å²) in [5.74, 6) is 0. The minimum Gasteiger partial charge on any atom is -0.330 e. The third-order valence-corrected chi connectivity index (χ3v) is 4.33. The summed E-state index contributed by atoms with van der Waals surface area (Å²) in [6.07, 6.45) is 0.921. The maximum atomic E-state index is 5.49. The highest BCUT2D eigenvalue weighted by atomic mass is 79.9. The van der Waals surface area contributed by atoms with E-state index in [0.717, 1.165) is 16.6 Å². The fourth-order valence-electron chi connectivity index (χ4n) is 1.14. The summed E-state index contributed by atoms with van der Waals surface area (Å²) in [5, 5.41) is 2.07. The third kappa shape index (κ3) is 2.23. The number of hydrogen-bond acceptors (Lipinski definition) is 4. The first kappa shape index (κ1) is 10.3. The van der Waals surface area contributed by atoms with Gasteiger partial charge >= 0.3 is 0 Å². The minimum atomic E-state index is 0.690. The highest BCUT2D eigenvalue weighted by Gasteiger charge is 2.06. The van der Waals surface area contributed by atoms with Crippen molar-refractivity contribution in [1.82, 2.24) is 4.37 Å². The van der Waals surface area contributed by atoms with Crippen LogP contribution in [0.2, 0.25) is 0 Å². The molecule has 74 valence electrons. The molecule has 0 unspecified atom stereocenters. The van der Waals surface area contributed by atoms with E-state index in [1.807, 2.05) is 0 Å². The van der Waals surface area contributed by atoms with Crippen molar-refractivity contribution in [1.29, 1.82) is 0 Å². The first-order valence-corrected chi connectivity index (χ1v) is 6.64. The lowest BCUT2D eigenvalue weighted by atomic mass is 10.3. The largest absolute Gasteiger partial charge is 0.330 e. The van der Waals surface area contributed by atoms with Crippen LogP contribution in [0, 0.1) is 0 Å². The smallest absolute Gasteiger partial charge is 0.0943 e. The van der Waals surface area contributed by atoms with Crippen molar-refractivity contribution in [3.05, 3.63) is 26.9 Å². The number of thiophene rings is 1. The van der Waals surface area contributed by atoms with E-state index in [1.54, 1.807) is 11.3 Å². The molecule has 0 fully saturated rings. The van der Waals surface area contributed by atoms with Gasteiger partial charge in [-0.1, -0.05) is 0 Å². The van der Waals surface area contributed by atoms with Gasteiger partial charge < -0.3 is 5.73 Å². The highest BCUT2D eigenvalue weighted by Crippen LogP contribution is 2.30. The van der Waals surface area contributed by atoms with Crippen molar-refractivity contribution < 1.29 is 0 Å². The summed E-state index contributed by atoms with van der Waals surface area (Å²) in [5.41, 5.74) is 6.55. The molecule has 0 radical (unpaired) electrons. The van der Waals surface area contributed by atoms with E-state index in [4.69, 9.17) is 5.73 Å². The van der Waals surface area contributed by atoms with Crippen LogP contribution >= 0.6 is 38.8 Å². The Kier molecular flexibility index (Phi) is 3.33. The lowest BCUT2D eigenvalue weighted by Gasteiger charge is -1.87. The molecule has 5 heteroatoms. The number of aromatic nitrogens is 1. The Morgan fingerprint density at radius 3 is 2.93 bits per heavy atom. The Bertz CT molecular complexity index is 422. The number of rotatable bonds is 3. The van der Waals surface area contributed by atoms with Gasteiger partial charge in [-0.25, -0.2) is 0 Å². The molecule has 0 atom stereocenters. The fraction of sp³-hybridized carbons (Fsp3) is 0.222. The van der Waals surface area contributed by atoms with Crippen LogP contribution in [-0.2, 0) is 6.42 Å².